The standard InChI is InChI=1S/C26H30N4O3.2ClH.2H2O/c1-17-16-30(18(2)15-29(17)21-11-9-20(27)10-12-21)26(31)23-7-5-6-22(28-23)19-8-13-24(32-3)25(14-19)33-4;;;;/h5-14,17-18H,15-16,27H2,1-4H3;2*1H;2*1H2/t17-,18+;;;;/m0..../s1. The average molecular weight is 556 g/mol. The zero-order valence-electron chi connectivity index (χ0n) is 21.3. The molecule has 3 aromatic rings. The first-order chi connectivity index (χ1) is 15.9. The van der Waals surface area contributed by atoms with Gasteiger partial charge in [-0.15, -0.1) is 24.8 Å². The number of pyridine rings is 1. The van der Waals surface area contributed by atoms with Crippen LogP contribution in [0.5, 0.6) is 11.5 Å². The summed E-state index contributed by atoms with van der Waals surface area (Å²) in [5.74, 6) is 1.21. The Morgan fingerprint density at radius 3 is 2.16 bits per heavy atom. The smallest absolute Gasteiger partial charge is 0.272 e. The third-order valence-electron chi connectivity index (χ3n) is 6.12. The molecule has 204 valence electrons. The van der Waals surface area contributed by atoms with Crippen molar-refractivity contribution in [2.75, 3.05) is 37.9 Å². The van der Waals surface area contributed by atoms with Crippen LogP contribution in [0.2, 0.25) is 0 Å². The van der Waals surface area contributed by atoms with Crippen LogP contribution in [0.1, 0.15) is 24.3 Å². The van der Waals surface area contributed by atoms with Crippen molar-refractivity contribution < 1.29 is 25.2 Å². The second kappa shape index (κ2) is 14.5. The molecule has 1 amide bonds. The lowest BCUT2D eigenvalue weighted by Crippen LogP contribution is -2.58. The molecule has 6 N–H and O–H groups in total. The van der Waals surface area contributed by atoms with Gasteiger partial charge in [0.1, 0.15) is 5.69 Å². The summed E-state index contributed by atoms with van der Waals surface area (Å²) >= 11 is 0. The quantitative estimate of drug-likeness (QED) is 0.479. The molecular weight excluding hydrogens is 519 g/mol. The first-order valence-electron chi connectivity index (χ1n) is 11.0. The van der Waals surface area contributed by atoms with Crippen molar-refractivity contribution in [2.24, 2.45) is 0 Å². The number of carbonyl (C=O) groups excluding carboxylic acids is 1. The van der Waals surface area contributed by atoms with E-state index in [1.54, 1.807) is 20.3 Å². The van der Waals surface area contributed by atoms with Gasteiger partial charge in [-0.3, -0.25) is 4.79 Å². The molecule has 37 heavy (non-hydrogen) atoms. The summed E-state index contributed by atoms with van der Waals surface area (Å²) < 4.78 is 10.7. The molecule has 0 bridgehead atoms. The predicted molar refractivity (Wildman–Crippen MR) is 153 cm³/mol. The number of nitrogens with zero attached hydrogens (tertiary/aromatic N) is 3. The lowest BCUT2D eigenvalue weighted by atomic mass is 10.1. The van der Waals surface area contributed by atoms with Gasteiger partial charge in [0.2, 0.25) is 0 Å². The van der Waals surface area contributed by atoms with Gasteiger partial charge in [0, 0.05) is 42.1 Å². The fourth-order valence-corrected chi connectivity index (χ4v) is 4.29. The van der Waals surface area contributed by atoms with E-state index in [0.29, 0.717) is 29.4 Å². The molecule has 2 heterocycles. The first-order valence-corrected chi connectivity index (χ1v) is 11.0. The molecule has 1 aliphatic heterocycles. The van der Waals surface area contributed by atoms with Crippen LogP contribution in [-0.4, -0.2) is 66.1 Å². The third-order valence-corrected chi connectivity index (χ3v) is 6.12. The Morgan fingerprint density at radius 1 is 0.892 bits per heavy atom. The van der Waals surface area contributed by atoms with Crippen molar-refractivity contribution in [1.82, 2.24) is 9.88 Å². The number of methoxy groups -OCH3 is 2. The van der Waals surface area contributed by atoms with Gasteiger partial charge in [-0.2, -0.15) is 0 Å². The number of anilines is 2. The highest BCUT2D eigenvalue weighted by molar-refractivity contribution is 5.93. The zero-order valence-corrected chi connectivity index (χ0v) is 22.9. The number of ether oxygens (including phenoxy) is 2. The number of halogens is 2. The van der Waals surface area contributed by atoms with Crippen molar-refractivity contribution in [3.8, 4) is 22.8 Å². The van der Waals surface area contributed by atoms with Crippen molar-refractivity contribution >= 4 is 42.1 Å². The number of aromatic nitrogens is 1. The van der Waals surface area contributed by atoms with E-state index in [0.717, 1.165) is 23.5 Å². The lowest BCUT2D eigenvalue weighted by molar-refractivity contribution is 0.0639. The molecule has 0 radical (unpaired) electrons. The highest BCUT2D eigenvalue weighted by Gasteiger charge is 2.33. The topological polar surface area (TPSA) is 144 Å². The van der Waals surface area contributed by atoms with Gasteiger partial charge in [-0.1, -0.05) is 6.07 Å². The van der Waals surface area contributed by atoms with Crippen molar-refractivity contribution in [2.45, 2.75) is 25.9 Å². The van der Waals surface area contributed by atoms with Crippen LogP contribution in [0, 0.1) is 0 Å². The van der Waals surface area contributed by atoms with Crippen LogP contribution < -0.4 is 20.1 Å². The van der Waals surface area contributed by atoms with E-state index in [1.807, 2.05) is 59.5 Å². The Balaban J connectivity index is 0.00000324. The molecule has 2 aromatic carbocycles. The van der Waals surface area contributed by atoms with Crippen LogP contribution in [-0.2, 0) is 0 Å². The van der Waals surface area contributed by atoms with Gasteiger partial charge >= 0.3 is 0 Å². The number of nitrogens with two attached hydrogens (primary N) is 1. The van der Waals surface area contributed by atoms with E-state index in [9.17, 15) is 4.79 Å². The molecule has 1 aliphatic rings. The Labute approximate surface area is 230 Å². The van der Waals surface area contributed by atoms with Gasteiger partial charge in [-0.25, -0.2) is 4.98 Å². The number of carbonyl (C=O) groups is 1. The normalized spacial score (nSPS) is 16.2. The number of hydrogen-bond acceptors (Lipinski definition) is 6. The lowest BCUT2D eigenvalue weighted by Gasteiger charge is -2.45. The first kappa shape index (κ1) is 33.8. The van der Waals surface area contributed by atoms with Crippen molar-refractivity contribution in [1.29, 1.82) is 0 Å². The molecule has 1 fully saturated rings. The monoisotopic (exact) mass is 554 g/mol. The summed E-state index contributed by atoms with van der Waals surface area (Å²) in [6.45, 7) is 5.57. The minimum Gasteiger partial charge on any atom is -0.493 e. The predicted octanol–water partition coefficient (Wildman–Crippen LogP) is 3.28. The molecule has 0 saturated carbocycles. The largest absolute Gasteiger partial charge is 0.493 e. The second-order valence-electron chi connectivity index (χ2n) is 8.38. The summed E-state index contributed by atoms with van der Waals surface area (Å²) in [5, 5.41) is 0. The Kier molecular flexibility index (Phi) is 13.2. The number of piperazine rings is 1. The van der Waals surface area contributed by atoms with Gasteiger partial charge in [0.05, 0.1) is 19.9 Å². The molecule has 0 unspecified atom stereocenters. The van der Waals surface area contributed by atoms with Gasteiger partial charge < -0.3 is 36.0 Å². The highest BCUT2D eigenvalue weighted by atomic mass is 35.5. The molecular formula is C26H36Cl2N4O5. The minimum absolute atomic E-state index is 0. The summed E-state index contributed by atoms with van der Waals surface area (Å²) in [7, 11) is 3.20. The van der Waals surface area contributed by atoms with Crippen LogP contribution in [0.4, 0.5) is 11.4 Å². The van der Waals surface area contributed by atoms with Crippen LogP contribution in [0.3, 0.4) is 0 Å². The van der Waals surface area contributed by atoms with Crippen molar-refractivity contribution in [3.63, 3.8) is 0 Å². The van der Waals surface area contributed by atoms with Crippen molar-refractivity contribution in [3.05, 3.63) is 66.4 Å². The SMILES string of the molecule is COc1ccc(-c2cccc(C(=O)N3C[C@H](C)N(c4ccc(N)cc4)C[C@H]3C)n2)cc1OC.Cl.Cl.O.O. The van der Waals surface area contributed by atoms with Crippen LogP contribution in [0.25, 0.3) is 11.3 Å². The Bertz CT molecular complexity index is 1150. The van der Waals surface area contributed by atoms with Gasteiger partial charge in [0.25, 0.3) is 5.91 Å². The van der Waals surface area contributed by atoms with Crippen LogP contribution in [0.15, 0.2) is 60.7 Å². The van der Waals surface area contributed by atoms with Gasteiger partial charge in [-0.05, 0) is 68.4 Å². The molecule has 2 atom stereocenters. The summed E-state index contributed by atoms with van der Waals surface area (Å²) in [5.41, 5.74) is 9.70. The number of hydrogen-bond donors (Lipinski definition) is 1. The Hall–Kier alpha value is -3.24. The molecule has 0 spiro atoms. The molecule has 4 rings (SSSR count). The van der Waals surface area contributed by atoms with E-state index in [-0.39, 0.29) is 53.8 Å². The second-order valence-corrected chi connectivity index (χ2v) is 8.38. The molecule has 9 nitrogen and oxygen atoms in total. The van der Waals surface area contributed by atoms with Gasteiger partial charge in [0.15, 0.2) is 11.5 Å². The van der Waals surface area contributed by atoms with E-state index in [2.05, 4.69) is 23.7 Å². The van der Waals surface area contributed by atoms with Crippen LogP contribution >= 0.6 is 24.8 Å². The minimum atomic E-state index is -0.0615. The Morgan fingerprint density at radius 2 is 1.54 bits per heavy atom. The number of rotatable bonds is 5. The maximum Gasteiger partial charge on any atom is 0.272 e. The molecule has 1 saturated heterocycles. The van der Waals surface area contributed by atoms with E-state index in [4.69, 9.17) is 15.2 Å². The average Bonchev–Trinajstić information content (AvgIpc) is 2.85. The molecule has 1 aromatic heterocycles. The van der Waals surface area contributed by atoms with E-state index < -0.39 is 0 Å². The number of amides is 1. The van der Waals surface area contributed by atoms with E-state index >= 15 is 0 Å². The summed E-state index contributed by atoms with van der Waals surface area (Å²) in [4.78, 5) is 22.4. The third kappa shape index (κ3) is 7.17. The highest BCUT2D eigenvalue weighted by Crippen LogP contribution is 2.32. The zero-order chi connectivity index (χ0) is 23.5. The molecule has 11 heteroatoms. The fourth-order valence-electron chi connectivity index (χ4n) is 4.29. The summed E-state index contributed by atoms with van der Waals surface area (Å²) in [6, 6.07) is 19.2. The summed E-state index contributed by atoms with van der Waals surface area (Å²) in [6.07, 6.45) is 0. The molecule has 0 aliphatic carbocycles. The fraction of sp³-hybridized carbons (Fsp3) is 0.308. The maximum atomic E-state index is 13.4. The number of benzene rings is 2. The number of nitrogen functional groups attached to an aromatic ring is 1. The maximum absolute atomic E-state index is 13.4. The van der Waals surface area contributed by atoms with E-state index in [1.165, 1.54) is 0 Å².